The largest absolute Gasteiger partial charge is 0.482 e. The summed E-state index contributed by atoms with van der Waals surface area (Å²) in [6, 6.07) is 22.8. The van der Waals surface area contributed by atoms with E-state index < -0.39 is 12.1 Å². The molecular weight excluding hydrogens is 378 g/mol. The van der Waals surface area contributed by atoms with Gasteiger partial charge in [-0.05, 0) is 42.2 Å². The van der Waals surface area contributed by atoms with Gasteiger partial charge < -0.3 is 14.4 Å². The summed E-state index contributed by atoms with van der Waals surface area (Å²) in [7, 11) is 0. The van der Waals surface area contributed by atoms with Gasteiger partial charge in [0.05, 0.1) is 0 Å². The Bertz CT molecular complexity index is 1010. The normalized spacial score (nSPS) is 14.9. The number of rotatable bonds is 6. The van der Waals surface area contributed by atoms with Crippen molar-refractivity contribution in [2.45, 2.75) is 25.4 Å². The predicted molar refractivity (Wildman–Crippen MR) is 115 cm³/mol. The van der Waals surface area contributed by atoms with Gasteiger partial charge in [-0.15, -0.1) is 0 Å². The molecular formula is C25H25NO4. The average molecular weight is 403 g/mol. The van der Waals surface area contributed by atoms with Crippen LogP contribution in [0.2, 0.25) is 0 Å². The van der Waals surface area contributed by atoms with Crippen LogP contribution in [0.25, 0.3) is 10.8 Å². The fourth-order valence-electron chi connectivity index (χ4n) is 3.73. The highest BCUT2D eigenvalue weighted by atomic mass is 16.6. The fraction of sp³-hybridized carbons (Fsp3) is 0.280. The van der Waals surface area contributed by atoms with Crippen molar-refractivity contribution < 1.29 is 19.1 Å². The summed E-state index contributed by atoms with van der Waals surface area (Å²) < 4.78 is 11.2. The second-order valence-corrected chi connectivity index (χ2v) is 7.46. The molecule has 1 saturated heterocycles. The number of nitrogens with zero attached hydrogens (tertiary/aromatic N) is 1. The molecule has 1 aliphatic heterocycles. The summed E-state index contributed by atoms with van der Waals surface area (Å²) in [5.74, 6) is -0.147. The molecule has 0 aliphatic carbocycles. The summed E-state index contributed by atoms with van der Waals surface area (Å²) in [6.45, 7) is 1.15. The average Bonchev–Trinajstić information content (AvgIpc) is 2.82. The summed E-state index contributed by atoms with van der Waals surface area (Å²) >= 11 is 0. The predicted octanol–water partition coefficient (Wildman–Crippen LogP) is 4.52. The van der Waals surface area contributed by atoms with E-state index in [4.69, 9.17) is 9.47 Å². The number of amides is 1. The third kappa shape index (κ3) is 4.79. The van der Waals surface area contributed by atoms with Gasteiger partial charge in [0.2, 0.25) is 6.10 Å². The topological polar surface area (TPSA) is 55.8 Å². The van der Waals surface area contributed by atoms with Gasteiger partial charge >= 0.3 is 5.97 Å². The fourth-order valence-corrected chi connectivity index (χ4v) is 3.73. The van der Waals surface area contributed by atoms with E-state index in [-0.39, 0.29) is 12.5 Å². The van der Waals surface area contributed by atoms with Crippen molar-refractivity contribution in [3.8, 4) is 5.75 Å². The summed E-state index contributed by atoms with van der Waals surface area (Å²) in [6.07, 6.45) is 2.13. The SMILES string of the molecule is O=C(COc1ccc2ccccc2c1)O[C@H](C(=O)N1CCCCC1)c1ccccc1. The molecule has 0 aromatic heterocycles. The lowest BCUT2D eigenvalue weighted by Crippen LogP contribution is -2.40. The quantitative estimate of drug-likeness (QED) is 0.568. The smallest absolute Gasteiger partial charge is 0.345 e. The molecule has 0 saturated carbocycles. The van der Waals surface area contributed by atoms with E-state index in [1.165, 1.54) is 0 Å². The second kappa shape index (κ2) is 9.44. The van der Waals surface area contributed by atoms with E-state index in [1.807, 2.05) is 72.8 Å². The molecule has 0 bridgehead atoms. The second-order valence-electron chi connectivity index (χ2n) is 7.46. The van der Waals surface area contributed by atoms with Gasteiger partial charge in [0, 0.05) is 18.7 Å². The van der Waals surface area contributed by atoms with Gasteiger partial charge in [-0.25, -0.2) is 4.79 Å². The maximum atomic E-state index is 13.1. The first-order chi connectivity index (χ1) is 14.7. The van der Waals surface area contributed by atoms with Gasteiger partial charge in [0.1, 0.15) is 5.75 Å². The molecule has 0 radical (unpaired) electrons. The van der Waals surface area contributed by atoms with E-state index in [1.54, 1.807) is 4.90 Å². The zero-order valence-electron chi connectivity index (χ0n) is 16.8. The molecule has 4 rings (SSSR count). The molecule has 3 aromatic rings. The molecule has 0 unspecified atom stereocenters. The number of piperidine rings is 1. The maximum Gasteiger partial charge on any atom is 0.345 e. The number of hydrogen-bond acceptors (Lipinski definition) is 4. The highest BCUT2D eigenvalue weighted by molar-refractivity contribution is 5.86. The van der Waals surface area contributed by atoms with Crippen LogP contribution in [0.15, 0.2) is 72.8 Å². The number of carbonyl (C=O) groups excluding carboxylic acids is 2. The third-order valence-electron chi connectivity index (χ3n) is 5.32. The first kappa shape index (κ1) is 20.0. The summed E-state index contributed by atoms with van der Waals surface area (Å²) in [4.78, 5) is 27.4. The van der Waals surface area contributed by atoms with Crippen LogP contribution in [0.4, 0.5) is 0 Å². The lowest BCUT2D eigenvalue weighted by molar-refractivity contribution is -0.163. The van der Waals surface area contributed by atoms with E-state index in [0.717, 1.165) is 30.0 Å². The third-order valence-corrected chi connectivity index (χ3v) is 5.32. The standard InChI is InChI=1S/C25H25NO4/c27-23(18-29-22-14-13-19-9-5-6-12-21(19)17-22)30-24(20-10-3-1-4-11-20)25(28)26-15-7-2-8-16-26/h1,3-6,9-14,17,24H,2,7-8,15-16,18H2/t24-/m0/s1. The number of esters is 1. The van der Waals surface area contributed by atoms with Crippen LogP contribution >= 0.6 is 0 Å². The molecule has 0 spiro atoms. The molecule has 1 atom stereocenters. The van der Waals surface area contributed by atoms with Crippen molar-refractivity contribution in [3.05, 3.63) is 78.4 Å². The first-order valence-electron chi connectivity index (χ1n) is 10.4. The van der Waals surface area contributed by atoms with Crippen LogP contribution in [-0.2, 0) is 14.3 Å². The van der Waals surface area contributed by atoms with Crippen LogP contribution in [0.3, 0.4) is 0 Å². The van der Waals surface area contributed by atoms with Crippen LogP contribution in [0.1, 0.15) is 30.9 Å². The van der Waals surface area contributed by atoms with Gasteiger partial charge in [-0.3, -0.25) is 4.79 Å². The molecule has 1 aliphatic rings. The van der Waals surface area contributed by atoms with Gasteiger partial charge in [-0.2, -0.15) is 0 Å². The minimum atomic E-state index is -0.947. The molecule has 5 nitrogen and oxygen atoms in total. The zero-order valence-corrected chi connectivity index (χ0v) is 16.8. The molecule has 1 fully saturated rings. The van der Waals surface area contributed by atoms with E-state index in [9.17, 15) is 9.59 Å². The van der Waals surface area contributed by atoms with E-state index >= 15 is 0 Å². The zero-order chi connectivity index (χ0) is 20.8. The van der Waals surface area contributed by atoms with Gasteiger partial charge in [-0.1, -0.05) is 60.7 Å². The van der Waals surface area contributed by atoms with Crippen molar-refractivity contribution in [1.82, 2.24) is 4.90 Å². The van der Waals surface area contributed by atoms with Crippen molar-refractivity contribution in [3.63, 3.8) is 0 Å². The van der Waals surface area contributed by atoms with E-state index in [0.29, 0.717) is 24.4 Å². The number of fused-ring (bicyclic) bond motifs is 1. The van der Waals surface area contributed by atoms with Crippen LogP contribution in [0.5, 0.6) is 5.75 Å². The maximum absolute atomic E-state index is 13.1. The number of hydrogen-bond donors (Lipinski definition) is 0. The summed E-state index contributed by atoms with van der Waals surface area (Å²) in [5.41, 5.74) is 0.673. The summed E-state index contributed by atoms with van der Waals surface area (Å²) in [5, 5.41) is 2.13. The minimum absolute atomic E-state index is 0.167. The molecule has 0 N–H and O–H groups in total. The van der Waals surface area contributed by atoms with Gasteiger partial charge in [0.15, 0.2) is 6.61 Å². The monoisotopic (exact) mass is 403 g/mol. The Kier molecular flexibility index (Phi) is 6.28. The highest BCUT2D eigenvalue weighted by Gasteiger charge is 2.30. The first-order valence-corrected chi connectivity index (χ1v) is 10.4. The highest BCUT2D eigenvalue weighted by Crippen LogP contribution is 2.24. The van der Waals surface area contributed by atoms with Crippen LogP contribution < -0.4 is 4.74 Å². The Labute approximate surface area is 176 Å². The van der Waals surface area contributed by atoms with Crippen molar-refractivity contribution >= 4 is 22.6 Å². The Morgan fingerprint density at radius 2 is 1.53 bits per heavy atom. The lowest BCUT2D eigenvalue weighted by atomic mass is 10.1. The van der Waals surface area contributed by atoms with Crippen molar-refractivity contribution in [1.29, 1.82) is 0 Å². The number of carbonyl (C=O) groups is 2. The molecule has 30 heavy (non-hydrogen) atoms. The Hall–Kier alpha value is -3.34. The van der Waals surface area contributed by atoms with E-state index in [2.05, 4.69) is 0 Å². The van der Waals surface area contributed by atoms with Crippen LogP contribution in [0, 0.1) is 0 Å². The number of benzene rings is 3. The molecule has 1 heterocycles. The minimum Gasteiger partial charge on any atom is -0.482 e. The van der Waals surface area contributed by atoms with Crippen molar-refractivity contribution in [2.24, 2.45) is 0 Å². The van der Waals surface area contributed by atoms with Crippen LogP contribution in [-0.4, -0.2) is 36.5 Å². The number of ether oxygens (including phenoxy) is 2. The Balaban J connectivity index is 1.43. The van der Waals surface area contributed by atoms with Gasteiger partial charge in [0.25, 0.3) is 5.91 Å². The lowest BCUT2D eigenvalue weighted by Gasteiger charge is -2.30. The molecule has 5 heteroatoms. The molecule has 3 aromatic carbocycles. The Morgan fingerprint density at radius 1 is 0.833 bits per heavy atom. The Morgan fingerprint density at radius 3 is 2.30 bits per heavy atom. The van der Waals surface area contributed by atoms with Crippen molar-refractivity contribution in [2.75, 3.05) is 19.7 Å². The number of likely N-dealkylation sites (tertiary alicyclic amines) is 1. The molecule has 154 valence electrons. The molecule has 1 amide bonds.